The first-order valence-electron chi connectivity index (χ1n) is 13.3. The van der Waals surface area contributed by atoms with E-state index in [1.807, 2.05) is 51.6 Å². The zero-order chi connectivity index (χ0) is 31.2. The lowest BCUT2D eigenvalue weighted by Crippen LogP contribution is -2.36. The quantitative estimate of drug-likeness (QED) is 0.262. The van der Waals surface area contributed by atoms with Crippen molar-refractivity contribution in [2.75, 3.05) is 28.4 Å². The molecule has 1 amide bonds. The number of nitrogens with zero attached hydrogens (tertiary/aromatic N) is 3. The Balaban J connectivity index is 1.67. The van der Waals surface area contributed by atoms with Crippen LogP contribution in [0.3, 0.4) is 0 Å². The number of aryl methyl sites for hydroxylation is 1. The van der Waals surface area contributed by atoms with E-state index in [4.69, 9.17) is 4.74 Å². The molecular weight excluding hydrogens is 558 g/mol. The predicted molar refractivity (Wildman–Crippen MR) is 164 cm³/mol. The van der Waals surface area contributed by atoms with Crippen LogP contribution in [0.1, 0.15) is 67.6 Å². The van der Waals surface area contributed by atoms with Gasteiger partial charge >= 0.3 is 0 Å². The molecule has 42 heavy (non-hydrogen) atoms. The molecule has 2 aromatic carbocycles. The van der Waals surface area contributed by atoms with E-state index in [1.54, 1.807) is 49.3 Å². The average molecular weight is 598 g/mol. The SMILES string of the molecule is COc1c(NC(=O)c2ccc(C)c(N3C=C(c4cnc(C(C)(C)O)n4C)NN3)c2)cc(C(C)(C)C)cc1NS(C)(=O)=O. The van der Waals surface area contributed by atoms with Gasteiger partial charge in [-0.15, -0.1) is 5.53 Å². The summed E-state index contributed by atoms with van der Waals surface area (Å²) < 4.78 is 34.0. The highest BCUT2D eigenvalue weighted by Crippen LogP contribution is 2.39. The van der Waals surface area contributed by atoms with Crippen LogP contribution in [0, 0.1) is 6.92 Å². The van der Waals surface area contributed by atoms with Crippen molar-refractivity contribution in [1.29, 1.82) is 0 Å². The van der Waals surface area contributed by atoms with Gasteiger partial charge in [-0.05, 0) is 61.6 Å². The number of anilines is 3. The Kier molecular flexibility index (Phi) is 8.06. The fraction of sp³-hybridized carbons (Fsp3) is 0.379. The number of imidazole rings is 1. The fourth-order valence-electron chi connectivity index (χ4n) is 4.66. The molecule has 226 valence electrons. The molecule has 3 aromatic rings. The highest BCUT2D eigenvalue weighted by atomic mass is 32.2. The minimum Gasteiger partial charge on any atom is -0.492 e. The molecule has 0 fully saturated rings. The molecule has 1 aliphatic heterocycles. The van der Waals surface area contributed by atoms with Crippen molar-refractivity contribution < 1.29 is 23.1 Å². The second-order valence-electron chi connectivity index (χ2n) is 11.9. The number of nitrogens with one attached hydrogen (secondary N) is 4. The van der Waals surface area contributed by atoms with Gasteiger partial charge in [0.05, 0.1) is 54.2 Å². The number of carbonyl (C=O) groups excluding carboxylic acids is 1. The first kappa shape index (κ1) is 30.9. The summed E-state index contributed by atoms with van der Waals surface area (Å²) in [6.07, 6.45) is 4.58. The zero-order valence-electron chi connectivity index (χ0n) is 25.4. The van der Waals surface area contributed by atoms with E-state index in [0.29, 0.717) is 17.1 Å². The zero-order valence-corrected chi connectivity index (χ0v) is 26.2. The van der Waals surface area contributed by atoms with Gasteiger partial charge in [0.25, 0.3) is 5.91 Å². The number of sulfonamides is 1. The smallest absolute Gasteiger partial charge is 0.255 e. The second-order valence-corrected chi connectivity index (χ2v) is 13.7. The lowest BCUT2D eigenvalue weighted by atomic mass is 9.86. The lowest BCUT2D eigenvalue weighted by molar-refractivity contribution is 0.0657. The van der Waals surface area contributed by atoms with Crippen molar-refractivity contribution in [2.45, 2.75) is 52.6 Å². The number of hydrogen-bond donors (Lipinski definition) is 5. The van der Waals surface area contributed by atoms with Gasteiger partial charge < -0.3 is 19.7 Å². The monoisotopic (exact) mass is 597 g/mol. The average Bonchev–Trinajstić information content (AvgIpc) is 3.49. The first-order chi connectivity index (χ1) is 19.4. The number of aliphatic hydroxyl groups is 1. The summed E-state index contributed by atoms with van der Waals surface area (Å²) in [4.78, 5) is 17.9. The van der Waals surface area contributed by atoms with Crippen LogP contribution in [0.5, 0.6) is 5.75 Å². The Morgan fingerprint density at radius 3 is 2.33 bits per heavy atom. The second kappa shape index (κ2) is 11.0. The maximum atomic E-state index is 13.5. The van der Waals surface area contributed by atoms with Gasteiger partial charge in [0.15, 0.2) is 5.75 Å². The summed E-state index contributed by atoms with van der Waals surface area (Å²) in [6.45, 7) is 11.3. The van der Waals surface area contributed by atoms with Crippen molar-refractivity contribution in [1.82, 2.24) is 20.5 Å². The number of amides is 1. The third-order valence-electron chi connectivity index (χ3n) is 6.81. The highest BCUT2D eigenvalue weighted by Gasteiger charge is 2.27. The third kappa shape index (κ3) is 6.53. The standard InChI is InChI=1S/C29H39N7O5S/c1-17-10-11-18(12-23(17)36-16-22(32-34-36)24-15-30-27(35(24)7)29(5,6)38)26(37)31-20-13-19(28(2,3)4)14-21(25(20)41-8)33-42(9,39)40/h10-16,32-34,38H,1-9H3,(H,31,37). The van der Waals surface area contributed by atoms with Crippen molar-refractivity contribution in [3.8, 4) is 5.75 Å². The molecule has 0 aliphatic carbocycles. The van der Waals surface area contributed by atoms with Crippen molar-refractivity contribution in [3.63, 3.8) is 0 Å². The Labute approximate surface area is 246 Å². The van der Waals surface area contributed by atoms with Gasteiger partial charge in [0, 0.05) is 12.6 Å². The summed E-state index contributed by atoms with van der Waals surface area (Å²) >= 11 is 0. The molecule has 1 aromatic heterocycles. The van der Waals surface area contributed by atoms with E-state index in [1.165, 1.54) is 7.11 Å². The molecular formula is C29H39N7O5S. The molecule has 0 atom stereocenters. The number of benzene rings is 2. The largest absolute Gasteiger partial charge is 0.492 e. The van der Waals surface area contributed by atoms with Crippen LogP contribution >= 0.6 is 0 Å². The number of hydrogen-bond acceptors (Lipinski definition) is 9. The summed E-state index contributed by atoms with van der Waals surface area (Å²) in [5.74, 6) is 0.326. The van der Waals surface area contributed by atoms with Crippen LogP contribution in [-0.2, 0) is 28.1 Å². The van der Waals surface area contributed by atoms with E-state index in [-0.39, 0.29) is 16.9 Å². The molecule has 0 unspecified atom stereocenters. The molecule has 5 N–H and O–H groups in total. The highest BCUT2D eigenvalue weighted by molar-refractivity contribution is 7.92. The van der Waals surface area contributed by atoms with Crippen LogP contribution in [0.2, 0.25) is 0 Å². The van der Waals surface area contributed by atoms with Crippen LogP contribution in [-0.4, -0.2) is 42.3 Å². The molecule has 0 bridgehead atoms. The van der Waals surface area contributed by atoms with Crippen molar-refractivity contribution >= 4 is 38.7 Å². The minimum absolute atomic E-state index is 0.202. The molecule has 1 aliphatic rings. The van der Waals surface area contributed by atoms with Gasteiger partial charge in [-0.1, -0.05) is 26.8 Å². The maximum Gasteiger partial charge on any atom is 0.255 e. The van der Waals surface area contributed by atoms with Gasteiger partial charge in [0.2, 0.25) is 10.0 Å². The molecule has 12 nitrogen and oxygen atoms in total. The summed E-state index contributed by atoms with van der Waals surface area (Å²) in [5, 5.41) is 15.1. The number of hydrazine groups is 2. The first-order valence-corrected chi connectivity index (χ1v) is 15.2. The third-order valence-corrected chi connectivity index (χ3v) is 7.40. The van der Waals surface area contributed by atoms with E-state index >= 15 is 0 Å². The number of aromatic nitrogens is 2. The molecule has 13 heteroatoms. The molecule has 4 rings (SSSR count). The summed E-state index contributed by atoms with van der Waals surface area (Å²) in [7, 11) is -0.358. The number of methoxy groups -OCH3 is 1. The Morgan fingerprint density at radius 2 is 1.76 bits per heavy atom. The summed E-state index contributed by atoms with van der Waals surface area (Å²) in [5.41, 5.74) is 9.67. The van der Waals surface area contributed by atoms with Crippen LogP contribution in [0.25, 0.3) is 5.70 Å². The van der Waals surface area contributed by atoms with Gasteiger partial charge in [-0.3, -0.25) is 20.0 Å². The van der Waals surface area contributed by atoms with Crippen LogP contribution in [0.15, 0.2) is 42.7 Å². The molecule has 0 radical (unpaired) electrons. The van der Waals surface area contributed by atoms with E-state index < -0.39 is 21.5 Å². The van der Waals surface area contributed by atoms with Crippen molar-refractivity contribution in [2.24, 2.45) is 7.05 Å². The maximum absolute atomic E-state index is 13.5. The predicted octanol–water partition coefficient (Wildman–Crippen LogP) is 3.71. The molecule has 0 saturated heterocycles. The van der Waals surface area contributed by atoms with Gasteiger partial charge in [0.1, 0.15) is 11.4 Å². The van der Waals surface area contributed by atoms with E-state index in [0.717, 1.165) is 34.5 Å². The van der Waals surface area contributed by atoms with E-state index in [2.05, 4.69) is 26.0 Å². The van der Waals surface area contributed by atoms with Crippen LogP contribution < -0.4 is 30.7 Å². The van der Waals surface area contributed by atoms with Gasteiger partial charge in [-0.2, -0.15) is 0 Å². The van der Waals surface area contributed by atoms with E-state index in [9.17, 15) is 18.3 Å². The number of rotatable bonds is 8. The fourth-order valence-corrected chi connectivity index (χ4v) is 5.21. The minimum atomic E-state index is -3.61. The Hall–Kier alpha value is -4.07. The molecule has 0 spiro atoms. The number of carbonyl (C=O) groups is 1. The molecule has 2 heterocycles. The molecule has 0 saturated carbocycles. The normalized spacial score (nSPS) is 14.0. The Morgan fingerprint density at radius 1 is 1.10 bits per heavy atom. The lowest BCUT2D eigenvalue weighted by Gasteiger charge is -2.24. The van der Waals surface area contributed by atoms with Crippen LogP contribution in [0.4, 0.5) is 17.1 Å². The number of ether oxygens (including phenoxy) is 1. The van der Waals surface area contributed by atoms with Crippen molar-refractivity contribution in [3.05, 3.63) is 70.9 Å². The Bertz CT molecular complexity index is 1660. The topological polar surface area (TPSA) is 150 Å². The van der Waals surface area contributed by atoms with Gasteiger partial charge in [-0.25, -0.2) is 13.4 Å². The summed E-state index contributed by atoms with van der Waals surface area (Å²) in [6, 6.07) is 8.81.